The van der Waals surface area contributed by atoms with Gasteiger partial charge in [0.1, 0.15) is 5.82 Å². The predicted octanol–water partition coefficient (Wildman–Crippen LogP) is 4.55. The summed E-state index contributed by atoms with van der Waals surface area (Å²) in [6.07, 6.45) is 1.63. The van der Waals surface area contributed by atoms with E-state index in [0.29, 0.717) is 23.2 Å². The van der Waals surface area contributed by atoms with E-state index in [4.69, 9.17) is 11.6 Å². The van der Waals surface area contributed by atoms with Crippen LogP contribution in [-0.2, 0) is 22.6 Å². The largest absolute Gasteiger partial charge is 0.326 e. The molecule has 0 aliphatic heterocycles. The van der Waals surface area contributed by atoms with E-state index in [9.17, 15) is 19.7 Å². The van der Waals surface area contributed by atoms with E-state index < -0.39 is 10.8 Å². The molecule has 3 rings (SSSR count). The van der Waals surface area contributed by atoms with E-state index in [2.05, 4.69) is 27.4 Å². The molecular weight excluding hydrogens is 492 g/mol. The molecule has 1 aromatic heterocycles. The van der Waals surface area contributed by atoms with E-state index in [1.54, 1.807) is 10.6 Å². The van der Waals surface area contributed by atoms with E-state index >= 15 is 0 Å². The minimum absolute atomic E-state index is 0.0101. The number of non-ortho nitro benzene ring substituents is 1. The summed E-state index contributed by atoms with van der Waals surface area (Å²) in [7, 11) is 0. The quantitative estimate of drug-likeness (QED) is 0.175. The second-order valence-corrected chi connectivity index (χ2v) is 8.93. The van der Waals surface area contributed by atoms with Gasteiger partial charge >= 0.3 is 0 Å². The van der Waals surface area contributed by atoms with Crippen molar-refractivity contribution in [1.82, 2.24) is 14.8 Å². The van der Waals surface area contributed by atoms with Crippen molar-refractivity contribution in [3.63, 3.8) is 0 Å². The molecule has 0 saturated carbocycles. The fraction of sp³-hybridized carbons (Fsp3) is 0.217. The summed E-state index contributed by atoms with van der Waals surface area (Å²) >= 11 is 7.14. The summed E-state index contributed by atoms with van der Waals surface area (Å²) in [5.41, 5.74) is 2.85. The number of nitrogens with zero attached hydrogens (tertiary/aromatic N) is 4. The first kappa shape index (κ1) is 25.9. The van der Waals surface area contributed by atoms with Gasteiger partial charge in [0.25, 0.3) is 5.69 Å². The van der Waals surface area contributed by atoms with Crippen molar-refractivity contribution in [2.45, 2.75) is 32.0 Å². The highest BCUT2D eigenvalue weighted by molar-refractivity contribution is 7.99. The Balaban J connectivity index is 1.65. The van der Waals surface area contributed by atoms with Crippen molar-refractivity contribution in [2.24, 2.45) is 0 Å². The number of carbonyl (C=O) groups is 2. The highest BCUT2D eigenvalue weighted by atomic mass is 35.5. The fourth-order valence-electron chi connectivity index (χ4n) is 3.08. The molecule has 0 aliphatic rings. The number of halogens is 1. The topological polar surface area (TPSA) is 132 Å². The van der Waals surface area contributed by atoms with Crippen LogP contribution in [0.3, 0.4) is 0 Å². The average molecular weight is 515 g/mol. The van der Waals surface area contributed by atoms with Crippen LogP contribution >= 0.6 is 23.4 Å². The number of rotatable bonds is 10. The first-order valence-corrected chi connectivity index (χ1v) is 11.8. The number of aromatic nitrogens is 3. The molecule has 10 nitrogen and oxygen atoms in total. The van der Waals surface area contributed by atoms with Crippen LogP contribution in [-0.4, -0.2) is 37.3 Å². The molecule has 0 radical (unpaired) electrons. The molecule has 0 bridgehead atoms. The Morgan fingerprint density at radius 3 is 2.60 bits per heavy atom. The number of thioether (sulfide) groups is 1. The van der Waals surface area contributed by atoms with E-state index in [0.717, 1.165) is 22.9 Å². The Kier molecular flexibility index (Phi) is 8.61. The van der Waals surface area contributed by atoms with Crippen LogP contribution in [0, 0.1) is 24.0 Å². The van der Waals surface area contributed by atoms with Crippen molar-refractivity contribution in [3.05, 3.63) is 81.1 Å². The summed E-state index contributed by atoms with van der Waals surface area (Å²) in [6, 6.07) is 9.46. The molecule has 0 unspecified atom stereocenters. The van der Waals surface area contributed by atoms with Gasteiger partial charge in [-0.2, -0.15) is 0 Å². The van der Waals surface area contributed by atoms with E-state index in [1.165, 1.54) is 18.2 Å². The van der Waals surface area contributed by atoms with Crippen LogP contribution < -0.4 is 10.6 Å². The van der Waals surface area contributed by atoms with Gasteiger partial charge in [-0.25, -0.2) is 0 Å². The molecule has 0 fully saturated rings. The van der Waals surface area contributed by atoms with E-state index in [-0.39, 0.29) is 34.5 Å². The van der Waals surface area contributed by atoms with Gasteiger partial charge in [-0.05, 0) is 43.2 Å². The Labute approximate surface area is 210 Å². The lowest BCUT2D eigenvalue weighted by molar-refractivity contribution is -0.384. The monoisotopic (exact) mass is 514 g/mol. The molecule has 0 saturated heterocycles. The smallest absolute Gasteiger partial charge is 0.271 e. The molecule has 2 N–H and O–H groups in total. The Hall–Kier alpha value is -3.70. The van der Waals surface area contributed by atoms with Gasteiger partial charge in [0.2, 0.25) is 11.8 Å². The molecule has 3 aromatic rings. The number of hydrogen-bond donors (Lipinski definition) is 2. The molecule has 0 atom stereocenters. The van der Waals surface area contributed by atoms with Gasteiger partial charge in [0.05, 0.1) is 27.8 Å². The summed E-state index contributed by atoms with van der Waals surface area (Å²) in [5.74, 6) is -0.306. The first-order chi connectivity index (χ1) is 16.7. The number of carbonyl (C=O) groups excluding carboxylic acids is 2. The van der Waals surface area contributed by atoms with Gasteiger partial charge in [0, 0.05) is 24.4 Å². The van der Waals surface area contributed by atoms with Crippen LogP contribution in [0.4, 0.5) is 17.1 Å². The van der Waals surface area contributed by atoms with Crippen molar-refractivity contribution >= 4 is 52.2 Å². The Bertz CT molecular complexity index is 1290. The molecule has 0 spiro atoms. The third-order valence-corrected chi connectivity index (χ3v) is 6.28. The minimum Gasteiger partial charge on any atom is -0.326 e. The lowest BCUT2D eigenvalue weighted by Crippen LogP contribution is -2.18. The number of aryl methyl sites for hydroxylation is 2. The normalized spacial score (nSPS) is 10.6. The number of nitro benzene ring substituents is 1. The number of anilines is 2. The van der Waals surface area contributed by atoms with Crippen LogP contribution in [0.15, 0.2) is 54.2 Å². The lowest BCUT2D eigenvalue weighted by atomic mass is 10.1. The summed E-state index contributed by atoms with van der Waals surface area (Å²) in [5, 5.41) is 25.2. The average Bonchev–Trinajstić information content (AvgIpc) is 3.17. The van der Waals surface area contributed by atoms with Crippen LogP contribution in [0.5, 0.6) is 0 Å². The van der Waals surface area contributed by atoms with E-state index in [1.807, 2.05) is 32.0 Å². The molecular formula is C23H23ClN6O4S. The van der Waals surface area contributed by atoms with Crippen molar-refractivity contribution < 1.29 is 14.5 Å². The maximum atomic E-state index is 12.6. The predicted molar refractivity (Wildman–Crippen MR) is 136 cm³/mol. The summed E-state index contributed by atoms with van der Waals surface area (Å²) in [4.78, 5) is 35.4. The van der Waals surface area contributed by atoms with Crippen LogP contribution in [0.2, 0.25) is 5.02 Å². The van der Waals surface area contributed by atoms with Gasteiger partial charge in [-0.3, -0.25) is 19.7 Å². The number of nitro groups is 1. The number of nitrogens with one attached hydrogen (secondary N) is 2. The van der Waals surface area contributed by atoms with Crippen molar-refractivity contribution in [2.75, 3.05) is 16.4 Å². The van der Waals surface area contributed by atoms with Crippen LogP contribution in [0.25, 0.3) is 0 Å². The zero-order valence-electron chi connectivity index (χ0n) is 19.1. The minimum atomic E-state index is -0.573. The highest BCUT2D eigenvalue weighted by Gasteiger charge is 2.18. The second-order valence-electron chi connectivity index (χ2n) is 7.58. The van der Waals surface area contributed by atoms with Gasteiger partial charge < -0.3 is 15.2 Å². The Morgan fingerprint density at radius 2 is 1.91 bits per heavy atom. The highest BCUT2D eigenvalue weighted by Crippen LogP contribution is 2.27. The summed E-state index contributed by atoms with van der Waals surface area (Å²) in [6.45, 7) is 8.04. The molecule has 12 heteroatoms. The van der Waals surface area contributed by atoms with Gasteiger partial charge in [-0.1, -0.05) is 35.5 Å². The molecule has 2 amide bonds. The van der Waals surface area contributed by atoms with Crippen molar-refractivity contribution in [3.8, 4) is 0 Å². The standard InChI is InChI=1S/C23H23ClN6O4S/c1-4-9-29-20(12-21(31)25-16-6-5-14(2)15(3)10-16)27-28-23(29)35-13-22(32)26-19-11-17(30(33)34)7-8-18(19)24/h4-8,10-11H,1,9,12-13H2,2-3H3,(H,25,31)(H,26,32). The summed E-state index contributed by atoms with van der Waals surface area (Å²) < 4.78 is 1.70. The molecule has 2 aromatic carbocycles. The molecule has 35 heavy (non-hydrogen) atoms. The first-order valence-electron chi connectivity index (χ1n) is 10.4. The molecule has 0 aliphatic carbocycles. The Morgan fingerprint density at radius 1 is 1.14 bits per heavy atom. The zero-order chi connectivity index (χ0) is 25.5. The zero-order valence-corrected chi connectivity index (χ0v) is 20.7. The second kappa shape index (κ2) is 11.6. The van der Waals surface area contributed by atoms with Gasteiger partial charge in [-0.15, -0.1) is 16.8 Å². The van der Waals surface area contributed by atoms with Crippen LogP contribution in [0.1, 0.15) is 17.0 Å². The molecule has 1 heterocycles. The molecule has 182 valence electrons. The number of benzene rings is 2. The van der Waals surface area contributed by atoms with Crippen molar-refractivity contribution in [1.29, 1.82) is 0 Å². The maximum Gasteiger partial charge on any atom is 0.271 e. The third kappa shape index (κ3) is 6.90. The maximum absolute atomic E-state index is 12.6. The lowest BCUT2D eigenvalue weighted by Gasteiger charge is -2.10. The number of hydrogen-bond acceptors (Lipinski definition) is 7. The fourth-order valence-corrected chi connectivity index (χ4v) is 4.01. The third-order valence-electron chi connectivity index (χ3n) is 4.98. The number of allylic oxidation sites excluding steroid dienone is 1. The van der Waals surface area contributed by atoms with Gasteiger partial charge in [0.15, 0.2) is 5.16 Å². The number of amides is 2. The SMILES string of the molecule is C=CCn1c(CC(=O)Nc2ccc(C)c(C)c2)nnc1SCC(=O)Nc1cc([N+](=O)[O-])ccc1Cl.